The Morgan fingerprint density at radius 2 is 1.85 bits per heavy atom. The lowest BCUT2D eigenvalue weighted by Gasteiger charge is -2.38. The van der Waals surface area contributed by atoms with Crippen LogP contribution in [0.3, 0.4) is 0 Å². The first-order chi connectivity index (χ1) is 9.45. The number of nitrogens with two attached hydrogens (primary N) is 1. The van der Waals surface area contributed by atoms with Crippen molar-refractivity contribution in [2.45, 2.75) is 38.5 Å². The monoisotopic (exact) mass is 297 g/mol. The maximum Gasteiger partial charge on any atom is 0.235 e. The largest absolute Gasteiger partial charge is 0.392 e. The Morgan fingerprint density at radius 1 is 1.30 bits per heavy atom. The molecule has 1 heterocycles. The number of likely N-dealkylation sites (tertiary alicyclic amines) is 1. The summed E-state index contributed by atoms with van der Waals surface area (Å²) in [5, 5.41) is 0. The van der Waals surface area contributed by atoms with Crippen molar-refractivity contribution in [1.29, 1.82) is 0 Å². The number of hydrogen-bond donors (Lipinski definition) is 1. The van der Waals surface area contributed by atoms with E-state index in [4.69, 9.17) is 18.0 Å². The summed E-state index contributed by atoms with van der Waals surface area (Å²) < 4.78 is 0. The summed E-state index contributed by atoms with van der Waals surface area (Å²) in [6.45, 7) is 2.84. The van der Waals surface area contributed by atoms with E-state index < -0.39 is 5.41 Å². The molecule has 2 N–H and O–H groups in total. The van der Waals surface area contributed by atoms with Gasteiger partial charge in [0.1, 0.15) is 0 Å². The molecule has 0 aromatic rings. The van der Waals surface area contributed by atoms with Crippen molar-refractivity contribution in [2.75, 3.05) is 33.7 Å². The highest BCUT2D eigenvalue weighted by Crippen LogP contribution is 2.40. The summed E-state index contributed by atoms with van der Waals surface area (Å²) >= 11 is 5.22. The molecule has 0 bridgehead atoms. The van der Waals surface area contributed by atoms with Gasteiger partial charge < -0.3 is 15.5 Å². The average Bonchev–Trinajstić information content (AvgIpc) is 2.88. The van der Waals surface area contributed by atoms with E-state index in [0.717, 1.165) is 58.2 Å². The van der Waals surface area contributed by atoms with Gasteiger partial charge in [0.2, 0.25) is 5.91 Å². The summed E-state index contributed by atoms with van der Waals surface area (Å²) in [5.41, 5.74) is 5.39. The second kappa shape index (κ2) is 6.39. The Kier molecular flexibility index (Phi) is 5.02. The van der Waals surface area contributed by atoms with Gasteiger partial charge in [-0.15, -0.1) is 0 Å². The molecule has 5 heteroatoms. The maximum absolute atomic E-state index is 12.8. The Morgan fingerprint density at radius 3 is 2.30 bits per heavy atom. The van der Waals surface area contributed by atoms with Crippen LogP contribution < -0.4 is 5.73 Å². The van der Waals surface area contributed by atoms with Crippen molar-refractivity contribution in [3.05, 3.63) is 0 Å². The standard InChI is InChI=1S/C15H27N3OS/c1-17(2)11-12-5-9-18(10-6-12)14(19)15(13(16)20)7-3-4-8-15/h12H,3-11H2,1-2H3,(H2,16,20). The average molecular weight is 297 g/mol. The number of piperidine rings is 1. The van der Waals surface area contributed by atoms with E-state index in [-0.39, 0.29) is 5.91 Å². The van der Waals surface area contributed by atoms with Crippen molar-refractivity contribution >= 4 is 23.1 Å². The molecule has 2 aliphatic rings. The summed E-state index contributed by atoms with van der Waals surface area (Å²) in [5.74, 6) is 0.907. The zero-order valence-corrected chi connectivity index (χ0v) is 13.5. The van der Waals surface area contributed by atoms with Crippen molar-refractivity contribution in [2.24, 2.45) is 17.1 Å². The summed E-state index contributed by atoms with van der Waals surface area (Å²) in [7, 11) is 4.22. The molecule has 20 heavy (non-hydrogen) atoms. The van der Waals surface area contributed by atoms with Gasteiger partial charge in [0, 0.05) is 19.6 Å². The molecule has 2 fully saturated rings. The number of rotatable bonds is 4. The van der Waals surface area contributed by atoms with E-state index in [9.17, 15) is 4.79 Å². The molecule has 4 nitrogen and oxygen atoms in total. The lowest BCUT2D eigenvalue weighted by Crippen LogP contribution is -2.51. The molecule has 0 unspecified atom stereocenters. The number of amides is 1. The normalized spacial score (nSPS) is 23.2. The first-order valence-corrected chi connectivity index (χ1v) is 8.10. The molecular weight excluding hydrogens is 270 g/mol. The second-order valence-electron chi connectivity index (χ2n) is 6.65. The van der Waals surface area contributed by atoms with Gasteiger partial charge in [-0.05, 0) is 45.7 Å². The molecule has 2 rings (SSSR count). The lowest BCUT2D eigenvalue weighted by atomic mass is 9.83. The first kappa shape index (κ1) is 15.7. The van der Waals surface area contributed by atoms with Crippen LogP contribution in [0.1, 0.15) is 38.5 Å². The van der Waals surface area contributed by atoms with Crippen molar-refractivity contribution in [3.63, 3.8) is 0 Å². The van der Waals surface area contributed by atoms with Crippen LogP contribution in [-0.4, -0.2) is 54.4 Å². The van der Waals surface area contributed by atoms with E-state index in [1.54, 1.807) is 0 Å². The van der Waals surface area contributed by atoms with E-state index in [1.165, 1.54) is 0 Å². The minimum Gasteiger partial charge on any atom is -0.392 e. The number of thiocarbonyl (C=S) groups is 1. The van der Waals surface area contributed by atoms with Gasteiger partial charge in [0.05, 0.1) is 10.4 Å². The Balaban J connectivity index is 1.96. The molecule has 0 aromatic heterocycles. The topological polar surface area (TPSA) is 49.6 Å². The predicted molar refractivity (Wildman–Crippen MR) is 85.5 cm³/mol. The lowest BCUT2D eigenvalue weighted by molar-refractivity contribution is -0.139. The predicted octanol–water partition coefficient (Wildman–Crippen LogP) is 1.63. The van der Waals surface area contributed by atoms with Gasteiger partial charge in [-0.25, -0.2) is 0 Å². The van der Waals surface area contributed by atoms with Gasteiger partial charge in [-0.3, -0.25) is 4.79 Å². The van der Waals surface area contributed by atoms with Crippen LogP contribution in [0.25, 0.3) is 0 Å². The highest BCUT2D eigenvalue weighted by Gasteiger charge is 2.46. The Labute approximate surface area is 127 Å². The Hall–Kier alpha value is -0.680. The van der Waals surface area contributed by atoms with Crippen LogP contribution in [0.4, 0.5) is 0 Å². The zero-order valence-electron chi connectivity index (χ0n) is 12.7. The third-order valence-corrected chi connectivity index (χ3v) is 5.25. The minimum absolute atomic E-state index is 0.200. The first-order valence-electron chi connectivity index (χ1n) is 7.70. The number of hydrogen-bond acceptors (Lipinski definition) is 3. The van der Waals surface area contributed by atoms with E-state index in [0.29, 0.717) is 10.9 Å². The maximum atomic E-state index is 12.8. The van der Waals surface area contributed by atoms with E-state index >= 15 is 0 Å². The van der Waals surface area contributed by atoms with E-state index in [2.05, 4.69) is 19.0 Å². The fourth-order valence-corrected chi connectivity index (χ4v) is 3.97. The Bertz CT molecular complexity index is 369. The summed E-state index contributed by atoms with van der Waals surface area (Å²) in [6, 6.07) is 0. The third kappa shape index (κ3) is 3.14. The SMILES string of the molecule is CN(C)CC1CCN(C(=O)C2(C(N)=S)CCCC2)CC1. The van der Waals surface area contributed by atoms with Gasteiger partial charge in [-0.2, -0.15) is 0 Å². The van der Waals surface area contributed by atoms with Gasteiger partial charge in [-0.1, -0.05) is 25.1 Å². The van der Waals surface area contributed by atoms with Crippen molar-refractivity contribution < 1.29 is 4.79 Å². The summed E-state index contributed by atoms with van der Waals surface area (Å²) in [6.07, 6.45) is 6.02. The molecule has 114 valence electrons. The molecule has 0 spiro atoms. The molecule has 1 saturated heterocycles. The van der Waals surface area contributed by atoms with Crippen LogP contribution in [-0.2, 0) is 4.79 Å². The molecule has 1 aliphatic heterocycles. The molecule has 0 radical (unpaired) electrons. The fraction of sp³-hybridized carbons (Fsp3) is 0.867. The van der Waals surface area contributed by atoms with E-state index in [1.807, 2.05) is 4.90 Å². The quantitative estimate of drug-likeness (QED) is 0.801. The molecule has 1 saturated carbocycles. The van der Waals surface area contributed by atoms with Gasteiger partial charge in [0.15, 0.2) is 0 Å². The molecule has 0 aromatic carbocycles. The second-order valence-corrected chi connectivity index (χ2v) is 7.09. The van der Waals surface area contributed by atoms with Crippen molar-refractivity contribution in [1.82, 2.24) is 9.80 Å². The number of carbonyl (C=O) groups is 1. The minimum atomic E-state index is -0.524. The smallest absolute Gasteiger partial charge is 0.235 e. The van der Waals surface area contributed by atoms with Crippen LogP contribution in [0.2, 0.25) is 0 Å². The number of nitrogens with zero attached hydrogens (tertiary/aromatic N) is 2. The zero-order chi connectivity index (χ0) is 14.8. The van der Waals surface area contributed by atoms with Crippen LogP contribution in [0.5, 0.6) is 0 Å². The van der Waals surface area contributed by atoms with Crippen LogP contribution >= 0.6 is 12.2 Å². The number of carbonyl (C=O) groups excluding carboxylic acids is 1. The molecule has 1 amide bonds. The fourth-order valence-electron chi connectivity index (χ4n) is 3.68. The molecule has 1 aliphatic carbocycles. The van der Waals surface area contributed by atoms with Crippen LogP contribution in [0.15, 0.2) is 0 Å². The van der Waals surface area contributed by atoms with Crippen LogP contribution in [0, 0.1) is 11.3 Å². The van der Waals surface area contributed by atoms with Gasteiger partial charge in [0.25, 0.3) is 0 Å². The van der Waals surface area contributed by atoms with Gasteiger partial charge >= 0.3 is 0 Å². The van der Waals surface area contributed by atoms with Crippen molar-refractivity contribution in [3.8, 4) is 0 Å². The molecular formula is C15H27N3OS. The highest BCUT2D eigenvalue weighted by molar-refractivity contribution is 7.80. The summed E-state index contributed by atoms with van der Waals surface area (Å²) in [4.78, 5) is 17.5. The highest BCUT2D eigenvalue weighted by atomic mass is 32.1. The molecule has 0 atom stereocenters. The third-order valence-electron chi connectivity index (χ3n) is 4.86.